The van der Waals surface area contributed by atoms with E-state index >= 15 is 0 Å². The van der Waals surface area contributed by atoms with E-state index in [9.17, 15) is 8.78 Å². The molecule has 0 amide bonds. The van der Waals surface area contributed by atoms with Gasteiger partial charge in [0.2, 0.25) is 0 Å². The largest absolute Gasteiger partial charge is 0.330 e. The smallest absolute Gasteiger partial charge is 0.182 e. The predicted octanol–water partition coefficient (Wildman–Crippen LogP) is 4.62. The number of hydrogen-bond acceptors (Lipinski definition) is 1. The number of fused-ring (bicyclic) bond motifs is 1. The third-order valence-electron chi connectivity index (χ3n) is 2.80. The van der Waals surface area contributed by atoms with Crippen molar-refractivity contribution >= 4 is 34.9 Å². The number of nitrogens with one attached hydrogen (secondary N) is 1. The number of H-pyrrole nitrogens is 1. The molecule has 0 aliphatic carbocycles. The number of nitrogens with zero attached hydrogens (tertiary/aromatic N) is 1. The van der Waals surface area contributed by atoms with Crippen LogP contribution in [0, 0.1) is 16.4 Å². The molecule has 1 N–H and O–H groups in total. The number of halogens is 3. The van der Waals surface area contributed by atoms with Gasteiger partial charge in [0.05, 0.1) is 21.7 Å². The number of aromatic nitrogens is 2. The molecule has 0 radical (unpaired) electrons. The third kappa shape index (κ3) is 2.05. The van der Waals surface area contributed by atoms with Crippen LogP contribution in [0.2, 0.25) is 5.02 Å². The maximum Gasteiger partial charge on any atom is 0.182 e. The van der Waals surface area contributed by atoms with E-state index in [-0.39, 0.29) is 10.8 Å². The van der Waals surface area contributed by atoms with E-state index in [0.717, 1.165) is 0 Å². The SMILES string of the molecule is Fc1ccc(-n2c(=S)[nH]c3ccc(F)cc32)c(Cl)c1. The molecule has 0 saturated heterocycles. The van der Waals surface area contributed by atoms with Crippen molar-refractivity contribution in [1.82, 2.24) is 9.55 Å². The first-order valence-corrected chi connectivity index (χ1v) is 6.20. The summed E-state index contributed by atoms with van der Waals surface area (Å²) < 4.78 is 28.4. The average Bonchev–Trinajstić information content (AvgIpc) is 2.65. The second kappa shape index (κ2) is 4.43. The van der Waals surface area contributed by atoms with Crippen LogP contribution in [0.4, 0.5) is 8.78 Å². The van der Waals surface area contributed by atoms with Crippen LogP contribution in [0.1, 0.15) is 0 Å². The predicted molar refractivity (Wildman–Crippen MR) is 73.4 cm³/mol. The minimum atomic E-state index is -0.439. The standard InChI is InChI=1S/C13H7ClF2N2S/c14-9-5-7(15)2-4-11(9)18-12-6-8(16)1-3-10(12)17-13(18)19/h1-6H,(H,17,19). The molecule has 3 aromatic rings. The molecule has 1 aromatic heterocycles. The van der Waals surface area contributed by atoms with Crippen LogP contribution in [0.15, 0.2) is 36.4 Å². The molecular formula is C13H7ClF2N2S. The first-order valence-electron chi connectivity index (χ1n) is 5.42. The van der Waals surface area contributed by atoms with Crippen LogP contribution in [0.25, 0.3) is 16.7 Å². The van der Waals surface area contributed by atoms with E-state index < -0.39 is 5.82 Å². The van der Waals surface area contributed by atoms with Gasteiger partial charge in [-0.05, 0) is 42.5 Å². The van der Waals surface area contributed by atoms with Gasteiger partial charge in [0.15, 0.2) is 4.77 Å². The molecule has 0 saturated carbocycles. The molecule has 19 heavy (non-hydrogen) atoms. The average molecular weight is 297 g/mol. The Hall–Kier alpha value is -1.72. The van der Waals surface area contributed by atoms with Crippen molar-refractivity contribution in [2.75, 3.05) is 0 Å². The lowest BCUT2D eigenvalue weighted by molar-refractivity contribution is 0.627. The first kappa shape index (κ1) is 12.3. The summed E-state index contributed by atoms with van der Waals surface area (Å²) in [5.74, 6) is -0.820. The summed E-state index contributed by atoms with van der Waals surface area (Å²) in [4.78, 5) is 2.95. The highest BCUT2D eigenvalue weighted by Gasteiger charge is 2.11. The molecule has 6 heteroatoms. The lowest BCUT2D eigenvalue weighted by atomic mass is 10.2. The van der Waals surface area contributed by atoms with Gasteiger partial charge in [-0.2, -0.15) is 0 Å². The molecule has 3 rings (SSSR count). The zero-order valence-electron chi connectivity index (χ0n) is 9.45. The second-order valence-corrected chi connectivity index (χ2v) is 4.82. The fourth-order valence-corrected chi connectivity index (χ4v) is 2.54. The molecule has 0 fully saturated rings. The molecule has 2 nitrogen and oxygen atoms in total. The van der Waals surface area contributed by atoms with Gasteiger partial charge in [0.25, 0.3) is 0 Å². The minimum Gasteiger partial charge on any atom is -0.330 e. The van der Waals surface area contributed by atoms with E-state index in [1.54, 1.807) is 10.6 Å². The normalized spacial score (nSPS) is 11.1. The fourth-order valence-electron chi connectivity index (χ4n) is 1.98. The Labute approximate surface area is 117 Å². The topological polar surface area (TPSA) is 20.7 Å². The first-order chi connectivity index (χ1) is 9.06. The number of imidazole rings is 1. The van der Waals surface area contributed by atoms with Crippen LogP contribution >= 0.6 is 23.8 Å². The van der Waals surface area contributed by atoms with Crippen molar-refractivity contribution in [3.63, 3.8) is 0 Å². The van der Waals surface area contributed by atoms with E-state index in [1.165, 1.54) is 30.3 Å². The molecule has 0 aliphatic heterocycles. The van der Waals surface area contributed by atoms with Crippen LogP contribution in [0.3, 0.4) is 0 Å². The maximum atomic E-state index is 13.4. The minimum absolute atomic E-state index is 0.210. The highest BCUT2D eigenvalue weighted by molar-refractivity contribution is 7.71. The molecule has 96 valence electrons. The second-order valence-electron chi connectivity index (χ2n) is 4.02. The number of benzene rings is 2. The monoisotopic (exact) mass is 296 g/mol. The molecule has 0 spiro atoms. The van der Waals surface area contributed by atoms with E-state index in [4.69, 9.17) is 23.8 Å². The van der Waals surface area contributed by atoms with E-state index in [1.807, 2.05) is 0 Å². The van der Waals surface area contributed by atoms with Gasteiger partial charge in [-0.25, -0.2) is 8.78 Å². The Morgan fingerprint density at radius 1 is 1.05 bits per heavy atom. The summed E-state index contributed by atoms with van der Waals surface area (Å²) in [6, 6.07) is 8.25. The lowest BCUT2D eigenvalue weighted by Gasteiger charge is -2.07. The van der Waals surface area contributed by atoms with Gasteiger partial charge >= 0.3 is 0 Å². The summed E-state index contributed by atoms with van der Waals surface area (Å²) in [6.45, 7) is 0. The van der Waals surface area contributed by atoms with Gasteiger partial charge in [-0.15, -0.1) is 0 Å². The summed E-state index contributed by atoms with van der Waals surface area (Å²) in [7, 11) is 0. The van der Waals surface area contributed by atoms with Crippen molar-refractivity contribution in [1.29, 1.82) is 0 Å². The quantitative estimate of drug-likeness (QED) is 0.650. The van der Waals surface area contributed by atoms with Crippen molar-refractivity contribution < 1.29 is 8.78 Å². The highest BCUT2D eigenvalue weighted by atomic mass is 35.5. The van der Waals surface area contributed by atoms with Crippen molar-refractivity contribution in [2.45, 2.75) is 0 Å². The molecule has 0 atom stereocenters. The maximum absolute atomic E-state index is 13.4. The third-order valence-corrected chi connectivity index (χ3v) is 3.38. The molecule has 2 aromatic carbocycles. The number of hydrogen-bond donors (Lipinski definition) is 1. The Kier molecular flexibility index (Phi) is 2.88. The van der Waals surface area contributed by atoms with E-state index in [0.29, 0.717) is 21.5 Å². The van der Waals surface area contributed by atoms with Crippen molar-refractivity contribution in [2.24, 2.45) is 0 Å². The van der Waals surface area contributed by atoms with Gasteiger partial charge in [0.1, 0.15) is 11.6 Å². The van der Waals surface area contributed by atoms with Crippen LogP contribution < -0.4 is 0 Å². The van der Waals surface area contributed by atoms with Gasteiger partial charge in [0, 0.05) is 6.07 Å². The van der Waals surface area contributed by atoms with Crippen LogP contribution in [0.5, 0.6) is 0 Å². The highest BCUT2D eigenvalue weighted by Crippen LogP contribution is 2.26. The van der Waals surface area contributed by atoms with Gasteiger partial charge < -0.3 is 4.98 Å². The summed E-state index contributed by atoms with van der Waals surface area (Å²) in [6.07, 6.45) is 0. The zero-order chi connectivity index (χ0) is 13.6. The fraction of sp³-hybridized carbons (Fsp3) is 0. The van der Waals surface area contributed by atoms with Gasteiger partial charge in [-0.1, -0.05) is 11.6 Å². The van der Waals surface area contributed by atoms with E-state index in [2.05, 4.69) is 4.98 Å². The number of rotatable bonds is 1. The summed E-state index contributed by atoms with van der Waals surface area (Å²) >= 11 is 11.2. The molecule has 0 bridgehead atoms. The molecule has 1 heterocycles. The number of aromatic amines is 1. The Balaban J connectivity index is 2.38. The zero-order valence-corrected chi connectivity index (χ0v) is 11.0. The Morgan fingerprint density at radius 2 is 1.74 bits per heavy atom. The van der Waals surface area contributed by atoms with Crippen LogP contribution in [-0.4, -0.2) is 9.55 Å². The van der Waals surface area contributed by atoms with Crippen LogP contribution in [-0.2, 0) is 0 Å². The summed E-state index contributed by atoms with van der Waals surface area (Å²) in [5.41, 5.74) is 1.75. The molecule has 0 aliphatic rings. The Morgan fingerprint density at radius 3 is 2.47 bits per heavy atom. The lowest BCUT2D eigenvalue weighted by Crippen LogP contribution is -1.96. The van der Waals surface area contributed by atoms with Crippen molar-refractivity contribution in [3.8, 4) is 5.69 Å². The van der Waals surface area contributed by atoms with Gasteiger partial charge in [-0.3, -0.25) is 4.57 Å². The Bertz CT molecular complexity index is 838. The summed E-state index contributed by atoms with van der Waals surface area (Å²) in [5, 5.41) is 0.210. The molecule has 0 unspecified atom stereocenters. The van der Waals surface area contributed by atoms with Crippen molar-refractivity contribution in [3.05, 3.63) is 57.8 Å². The molecular weight excluding hydrogens is 290 g/mol.